The lowest BCUT2D eigenvalue weighted by molar-refractivity contribution is -0.122. The molecule has 0 fully saturated rings. The zero-order valence-corrected chi connectivity index (χ0v) is 15.2. The lowest BCUT2D eigenvalue weighted by Crippen LogP contribution is -2.33. The van der Waals surface area contributed by atoms with Gasteiger partial charge in [0, 0.05) is 5.69 Å². The van der Waals surface area contributed by atoms with E-state index < -0.39 is 6.10 Å². The molecule has 3 nitrogen and oxygen atoms in total. The van der Waals surface area contributed by atoms with Gasteiger partial charge in [-0.15, -0.1) is 0 Å². The normalized spacial score (nSPS) is 12.1. The maximum absolute atomic E-state index is 12.7. The Bertz CT molecular complexity index is 707. The molecule has 1 N–H and O–H groups in total. The van der Waals surface area contributed by atoms with Crippen molar-refractivity contribution in [2.45, 2.75) is 53.1 Å². The summed E-state index contributed by atoms with van der Waals surface area (Å²) >= 11 is 0. The SMILES string of the molecule is CC[C@@H](Oc1ccc(C)cc1C)C(=O)Nc1ccccc1C(C)C. The van der Waals surface area contributed by atoms with Crippen molar-refractivity contribution >= 4 is 11.6 Å². The Hall–Kier alpha value is -2.29. The van der Waals surface area contributed by atoms with Crippen LogP contribution in [0.15, 0.2) is 42.5 Å². The van der Waals surface area contributed by atoms with E-state index in [2.05, 4.69) is 25.2 Å². The van der Waals surface area contributed by atoms with E-state index in [1.807, 2.05) is 57.2 Å². The van der Waals surface area contributed by atoms with Crippen LogP contribution in [0.1, 0.15) is 49.8 Å². The third kappa shape index (κ3) is 4.38. The minimum atomic E-state index is -0.508. The van der Waals surface area contributed by atoms with Gasteiger partial charge in [-0.2, -0.15) is 0 Å². The molecule has 0 aliphatic carbocycles. The summed E-state index contributed by atoms with van der Waals surface area (Å²) in [5, 5.41) is 3.03. The number of anilines is 1. The summed E-state index contributed by atoms with van der Waals surface area (Å²) in [7, 11) is 0. The van der Waals surface area contributed by atoms with Gasteiger partial charge in [0.1, 0.15) is 5.75 Å². The molecule has 0 radical (unpaired) electrons. The molecule has 0 saturated carbocycles. The molecule has 0 aromatic heterocycles. The number of carbonyl (C=O) groups excluding carboxylic acids is 1. The fraction of sp³-hybridized carbons (Fsp3) is 0.381. The van der Waals surface area contributed by atoms with Gasteiger partial charge in [-0.1, -0.05) is 56.7 Å². The molecule has 0 saturated heterocycles. The molecule has 1 amide bonds. The van der Waals surface area contributed by atoms with Crippen LogP contribution in [0.3, 0.4) is 0 Å². The maximum Gasteiger partial charge on any atom is 0.265 e. The molecule has 1 atom stereocenters. The van der Waals surface area contributed by atoms with E-state index in [0.29, 0.717) is 12.3 Å². The van der Waals surface area contributed by atoms with Crippen LogP contribution in [0.25, 0.3) is 0 Å². The average molecular weight is 325 g/mol. The fourth-order valence-electron chi connectivity index (χ4n) is 2.73. The highest BCUT2D eigenvalue weighted by Crippen LogP contribution is 2.25. The Morgan fingerprint density at radius 2 is 1.83 bits per heavy atom. The summed E-state index contributed by atoms with van der Waals surface area (Å²) < 4.78 is 5.97. The first-order valence-electron chi connectivity index (χ1n) is 8.56. The van der Waals surface area contributed by atoms with Gasteiger partial charge in [-0.3, -0.25) is 4.79 Å². The van der Waals surface area contributed by atoms with Crippen LogP contribution in [0.2, 0.25) is 0 Å². The molecule has 0 heterocycles. The van der Waals surface area contributed by atoms with E-state index in [4.69, 9.17) is 4.74 Å². The Morgan fingerprint density at radius 1 is 1.12 bits per heavy atom. The second kappa shape index (κ2) is 8.00. The van der Waals surface area contributed by atoms with E-state index in [-0.39, 0.29) is 5.91 Å². The molecule has 0 aliphatic heterocycles. The predicted molar refractivity (Wildman–Crippen MR) is 99.8 cm³/mol. The molecule has 2 aromatic carbocycles. The van der Waals surface area contributed by atoms with Gasteiger partial charge < -0.3 is 10.1 Å². The summed E-state index contributed by atoms with van der Waals surface area (Å²) in [6, 6.07) is 13.9. The van der Waals surface area contributed by atoms with Crippen LogP contribution < -0.4 is 10.1 Å². The van der Waals surface area contributed by atoms with Gasteiger partial charge in [0.15, 0.2) is 6.10 Å². The predicted octanol–water partition coefficient (Wildman–Crippen LogP) is 5.22. The third-order valence-corrected chi connectivity index (χ3v) is 4.10. The monoisotopic (exact) mass is 325 g/mol. The molecule has 2 rings (SSSR count). The summed E-state index contributed by atoms with van der Waals surface area (Å²) in [5.41, 5.74) is 4.22. The molecule has 0 bridgehead atoms. The number of hydrogen-bond acceptors (Lipinski definition) is 2. The zero-order valence-electron chi connectivity index (χ0n) is 15.2. The molecule has 0 unspecified atom stereocenters. The Kier molecular flexibility index (Phi) is 6.02. The standard InChI is InChI=1S/C21H27NO2/c1-6-19(24-20-12-11-15(4)13-16(20)5)21(23)22-18-10-8-7-9-17(18)14(2)3/h7-14,19H,6H2,1-5H3,(H,22,23)/t19-/m1/s1. The number of nitrogens with one attached hydrogen (secondary N) is 1. The second-order valence-corrected chi connectivity index (χ2v) is 6.51. The first-order valence-corrected chi connectivity index (χ1v) is 8.56. The summed E-state index contributed by atoms with van der Waals surface area (Å²) in [6.07, 6.45) is 0.106. The number of rotatable bonds is 6. The zero-order chi connectivity index (χ0) is 17.7. The number of para-hydroxylation sites is 1. The summed E-state index contributed by atoms with van der Waals surface area (Å²) in [6.45, 7) is 10.2. The number of hydrogen-bond donors (Lipinski definition) is 1. The van der Waals surface area contributed by atoms with Crippen LogP contribution in [0.4, 0.5) is 5.69 Å². The van der Waals surface area contributed by atoms with Crippen molar-refractivity contribution in [3.05, 3.63) is 59.2 Å². The highest BCUT2D eigenvalue weighted by Gasteiger charge is 2.20. The molecule has 0 aliphatic rings. The minimum absolute atomic E-state index is 0.106. The van der Waals surface area contributed by atoms with E-state index in [0.717, 1.165) is 22.6 Å². The Morgan fingerprint density at radius 3 is 2.46 bits per heavy atom. The van der Waals surface area contributed by atoms with Crippen molar-refractivity contribution in [3.63, 3.8) is 0 Å². The van der Waals surface area contributed by atoms with Crippen molar-refractivity contribution in [2.75, 3.05) is 5.32 Å². The lowest BCUT2D eigenvalue weighted by atomic mass is 10.0. The highest BCUT2D eigenvalue weighted by molar-refractivity contribution is 5.95. The van der Waals surface area contributed by atoms with Crippen LogP contribution in [-0.2, 0) is 4.79 Å². The topological polar surface area (TPSA) is 38.3 Å². The third-order valence-electron chi connectivity index (χ3n) is 4.10. The van der Waals surface area contributed by atoms with Gasteiger partial charge in [0.2, 0.25) is 0 Å². The second-order valence-electron chi connectivity index (χ2n) is 6.51. The van der Waals surface area contributed by atoms with E-state index >= 15 is 0 Å². The van der Waals surface area contributed by atoms with Crippen LogP contribution in [0, 0.1) is 13.8 Å². The molecule has 128 valence electrons. The molecular formula is C21H27NO2. The van der Waals surface area contributed by atoms with E-state index in [9.17, 15) is 4.79 Å². The van der Waals surface area contributed by atoms with E-state index in [1.54, 1.807) is 0 Å². The van der Waals surface area contributed by atoms with Gasteiger partial charge in [0.05, 0.1) is 0 Å². The molecular weight excluding hydrogens is 298 g/mol. The minimum Gasteiger partial charge on any atom is -0.480 e. The Labute approximate surface area is 145 Å². The first kappa shape index (κ1) is 18.1. The quantitative estimate of drug-likeness (QED) is 0.790. The van der Waals surface area contributed by atoms with Crippen molar-refractivity contribution < 1.29 is 9.53 Å². The number of amides is 1. The van der Waals surface area contributed by atoms with Crippen molar-refractivity contribution in [1.29, 1.82) is 0 Å². The summed E-state index contributed by atoms with van der Waals surface area (Å²) in [5.74, 6) is 1.01. The Balaban J connectivity index is 2.15. The number of carbonyl (C=O) groups is 1. The van der Waals surface area contributed by atoms with Crippen molar-refractivity contribution in [1.82, 2.24) is 0 Å². The maximum atomic E-state index is 12.7. The fourth-order valence-corrected chi connectivity index (χ4v) is 2.73. The molecule has 24 heavy (non-hydrogen) atoms. The number of aryl methyl sites for hydroxylation is 2. The highest BCUT2D eigenvalue weighted by atomic mass is 16.5. The van der Waals surface area contributed by atoms with Crippen molar-refractivity contribution in [2.24, 2.45) is 0 Å². The van der Waals surface area contributed by atoms with Gasteiger partial charge >= 0.3 is 0 Å². The average Bonchev–Trinajstić information content (AvgIpc) is 2.54. The van der Waals surface area contributed by atoms with E-state index in [1.165, 1.54) is 5.56 Å². The lowest BCUT2D eigenvalue weighted by Gasteiger charge is -2.20. The van der Waals surface area contributed by atoms with Gasteiger partial charge in [-0.25, -0.2) is 0 Å². The van der Waals surface area contributed by atoms with Crippen LogP contribution in [-0.4, -0.2) is 12.0 Å². The molecule has 3 heteroatoms. The summed E-state index contributed by atoms with van der Waals surface area (Å²) in [4.78, 5) is 12.7. The van der Waals surface area contributed by atoms with Gasteiger partial charge in [0.25, 0.3) is 5.91 Å². The molecule has 2 aromatic rings. The smallest absolute Gasteiger partial charge is 0.265 e. The number of benzene rings is 2. The van der Waals surface area contributed by atoms with Crippen molar-refractivity contribution in [3.8, 4) is 5.75 Å². The van der Waals surface area contributed by atoms with Crippen LogP contribution in [0.5, 0.6) is 5.75 Å². The largest absolute Gasteiger partial charge is 0.480 e. The van der Waals surface area contributed by atoms with Gasteiger partial charge in [-0.05, 0) is 49.4 Å². The van der Waals surface area contributed by atoms with Crippen LogP contribution >= 0.6 is 0 Å². The number of ether oxygens (including phenoxy) is 1. The first-order chi connectivity index (χ1) is 11.4. The molecule has 0 spiro atoms.